The standard InChI is InChI=1S/C9H12N4O2/c1-13(9(15)8(14)12-10)6-7-4-2-3-5-11-7/h2-5H,6,10H2,1H3,(H,12,14). The van der Waals surface area contributed by atoms with Crippen LogP contribution in [0.3, 0.4) is 0 Å². The van der Waals surface area contributed by atoms with Crippen LogP contribution in [0, 0.1) is 0 Å². The van der Waals surface area contributed by atoms with Gasteiger partial charge in [-0.15, -0.1) is 0 Å². The lowest BCUT2D eigenvalue weighted by Gasteiger charge is -2.14. The van der Waals surface area contributed by atoms with Crippen molar-refractivity contribution in [2.75, 3.05) is 7.05 Å². The van der Waals surface area contributed by atoms with Gasteiger partial charge in [0, 0.05) is 13.2 Å². The number of hydrogen-bond acceptors (Lipinski definition) is 4. The van der Waals surface area contributed by atoms with E-state index < -0.39 is 11.8 Å². The number of likely N-dealkylation sites (N-methyl/N-ethyl adjacent to an activating group) is 1. The Kier molecular flexibility index (Phi) is 3.75. The van der Waals surface area contributed by atoms with Crippen LogP contribution in [0.1, 0.15) is 5.69 Å². The van der Waals surface area contributed by atoms with Crippen LogP contribution in [0.5, 0.6) is 0 Å². The van der Waals surface area contributed by atoms with Crippen LogP contribution in [-0.4, -0.2) is 28.7 Å². The van der Waals surface area contributed by atoms with Crippen LogP contribution in [0.15, 0.2) is 24.4 Å². The molecular weight excluding hydrogens is 196 g/mol. The molecule has 0 bridgehead atoms. The van der Waals surface area contributed by atoms with Crippen LogP contribution in [0.25, 0.3) is 0 Å². The molecule has 0 atom stereocenters. The molecule has 15 heavy (non-hydrogen) atoms. The second-order valence-electron chi connectivity index (χ2n) is 2.96. The zero-order chi connectivity index (χ0) is 11.3. The Bertz CT molecular complexity index is 352. The molecule has 1 heterocycles. The summed E-state index contributed by atoms with van der Waals surface area (Å²) in [5.74, 6) is 3.31. The van der Waals surface area contributed by atoms with Gasteiger partial charge in [0.15, 0.2) is 0 Å². The maximum absolute atomic E-state index is 11.3. The van der Waals surface area contributed by atoms with E-state index in [2.05, 4.69) is 4.98 Å². The van der Waals surface area contributed by atoms with Gasteiger partial charge in [0.25, 0.3) is 0 Å². The third kappa shape index (κ3) is 3.03. The largest absolute Gasteiger partial charge is 0.332 e. The predicted molar refractivity (Wildman–Crippen MR) is 53.0 cm³/mol. The molecule has 0 spiro atoms. The number of rotatable bonds is 2. The fraction of sp³-hybridized carbons (Fsp3) is 0.222. The van der Waals surface area contributed by atoms with Gasteiger partial charge >= 0.3 is 11.8 Å². The average molecular weight is 208 g/mol. The Morgan fingerprint density at radius 2 is 2.27 bits per heavy atom. The minimum Gasteiger partial charge on any atom is -0.332 e. The van der Waals surface area contributed by atoms with E-state index in [1.54, 1.807) is 23.8 Å². The molecule has 80 valence electrons. The number of hydrogen-bond donors (Lipinski definition) is 2. The molecule has 0 saturated heterocycles. The smallest absolute Gasteiger partial charge is 0.323 e. The molecular formula is C9H12N4O2. The molecule has 0 radical (unpaired) electrons. The summed E-state index contributed by atoms with van der Waals surface area (Å²) >= 11 is 0. The normalized spacial score (nSPS) is 9.47. The highest BCUT2D eigenvalue weighted by molar-refractivity contribution is 6.34. The van der Waals surface area contributed by atoms with Crippen molar-refractivity contribution in [3.05, 3.63) is 30.1 Å². The Hall–Kier alpha value is -1.95. The number of aromatic nitrogens is 1. The van der Waals surface area contributed by atoms with E-state index in [-0.39, 0.29) is 6.54 Å². The van der Waals surface area contributed by atoms with Crippen molar-refractivity contribution in [2.45, 2.75) is 6.54 Å². The molecule has 6 nitrogen and oxygen atoms in total. The van der Waals surface area contributed by atoms with Crippen molar-refractivity contribution in [3.63, 3.8) is 0 Å². The molecule has 1 aromatic heterocycles. The number of amides is 2. The SMILES string of the molecule is CN(Cc1ccccn1)C(=O)C(=O)NN. The third-order valence-corrected chi connectivity index (χ3v) is 1.80. The lowest BCUT2D eigenvalue weighted by molar-refractivity contribution is -0.145. The predicted octanol–water partition coefficient (Wildman–Crippen LogP) is -0.970. The van der Waals surface area contributed by atoms with E-state index >= 15 is 0 Å². The Labute approximate surface area is 87.1 Å². The van der Waals surface area contributed by atoms with Crippen LogP contribution >= 0.6 is 0 Å². The first-order valence-corrected chi connectivity index (χ1v) is 4.31. The van der Waals surface area contributed by atoms with Gasteiger partial charge in [0.2, 0.25) is 0 Å². The monoisotopic (exact) mass is 208 g/mol. The molecule has 2 amide bonds. The van der Waals surface area contributed by atoms with Crippen molar-refractivity contribution < 1.29 is 9.59 Å². The van der Waals surface area contributed by atoms with E-state index in [1.165, 1.54) is 11.9 Å². The molecule has 0 saturated carbocycles. The average Bonchev–Trinajstić information content (AvgIpc) is 2.28. The second kappa shape index (κ2) is 5.06. The number of nitrogens with two attached hydrogens (primary N) is 1. The van der Waals surface area contributed by atoms with Crippen LogP contribution in [0.2, 0.25) is 0 Å². The number of nitrogens with zero attached hydrogens (tertiary/aromatic N) is 2. The van der Waals surface area contributed by atoms with E-state index in [1.807, 2.05) is 6.07 Å². The van der Waals surface area contributed by atoms with Gasteiger partial charge in [-0.3, -0.25) is 20.0 Å². The van der Waals surface area contributed by atoms with Gasteiger partial charge in [-0.05, 0) is 12.1 Å². The number of carbonyl (C=O) groups is 2. The minimum absolute atomic E-state index is 0.271. The summed E-state index contributed by atoms with van der Waals surface area (Å²) in [7, 11) is 1.51. The molecule has 3 N–H and O–H groups in total. The summed E-state index contributed by atoms with van der Waals surface area (Å²) in [6.45, 7) is 0.271. The van der Waals surface area contributed by atoms with Gasteiger partial charge in [0.1, 0.15) is 0 Å². The molecule has 1 rings (SSSR count). The Balaban J connectivity index is 2.60. The lowest BCUT2D eigenvalue weighted by atomic mass is 10.3. The number of pyridine rings is 1. The number of nitrogens with one attached hydrogen (secondary N) is 1. The molecule has 0 unspecified atom stereocenters. The first-order valence-electron chi connectivity index (χ1n) is 4.31. The fourth-order valence-corrected chi connectivity index (χ4v) is 1.04. The zero-order valence-electron chi connectivity index (χ0n) is 8.30. The van der Waals surface area contributed by atoms with Crippen LogP contribution in [-0.2, 0) is 16.1 Å². The summed E-state index contributed by atoms with van der Waals surface area (Å²) in [5, 5.41) is 0. The highest BCUT2D eigenvalue weighted by Crippen LogP contribution is 1.98. The summed E-state index contributed by atoms with van der Waals surface area (Å²) in [6.07, 6.45) is 1.62. The van der Waals surface area contributed by atoms with Crippen molar-refractivity contribution in [3.8, 4) is 0 Å². The Morgan fingerprint density at radius 1 is 1.53 bits per heavy atom. The molecule has 0 aliphatic rings. The summed E-state index contributed by atoms with van der Waals surface area (Å²) in [4.78, 5) is 27.5. The van der Waals surface area contributed by atoms with Crippen LogP contribution < -0.4 is 11.3 Å². The second-order valence-corrected chi connectivity index (χ2v) is 2.96. The number of hydrazine groups is 1. The zero-order valence-corrected chi connectivity index (χ0v) is 8.30. The maximum atomic E-state index is 11.3. The lowest BCUT2D eigenvalue weighted by Crippen LogP contribution is -2.43. The fourth-order valence-electron chi connectivity index (χ4n) is 1.04. The molecule has 0 aliphatic carbocycles. The van der Waals surface area contributed by atoms with Gasteiger partial charge < -0.3 is 4.90 Å². The highest BCUT2D eigenvalue weighted by atomic mass is 16.2. The van der Waals surface area contributed by atoms with E-state index in [9.17, 15) is 9.59 Å². The number of carbonyl (C=O) groups excluding carboxylic acids is 2. The summed E-state index contributed by atoms with van der Waals surface area (Å²) < 4.78 is 0. The first kappa shape index (κ1) is 11.1. The summed E-state index contributed by atoms with van der Waals surface area (Å²) in [6, 6.07) is 5.35. The van der Waals surface area contributed by atoms with E-state index in [4.69, 9.17) is 5.84 Å². The van der Waals surface area contributed by atoms with Crippen molar-refractivity contribution in [2.24, 2.45) is 5.84 Å². The van der Waals surface area contributed by atoms with Crippen molar-refractivity contribution >= 4 is 11.8 Å². The van der Waals surface area contributed by atoms with Gasteiger partial charge in [-0.25, -0.2) is 5.84 Å². The third-order valence-electron chi connectivity index (χ3n) is 1.80. The molecule has 0 aromatic carbocycles. The minimum atomic E-state index is -0.839. The Morgan fingerprint density at radius 3 is 2.80 bits per heavy atom. The van der Waals surface area contributed by atoms with Crippen molar-refractivity contribution in [1.29, 1.82) is 0 Å². The van der Waals surface area contributed by atoms with Gasteiger partial charge in [0.05, 0.1) is 12.2 Å². The molecule has 6 heteroatoms. The van der Waals surface area contributed by atoms with Gasteiger partial charge in [-0.2, -0.15) is 0 Å². The topological polar surface area (TPSA) is 88.3 Å². The molecule has 1 aromatic rings. The molecule has 0 fully saturated rings. The van der Waals surface area contributed by atoms with E-state index in [0.29, 0.717) is 5.69 Å². The quantitative estimate of drug-likeness (QED) is 0.283. The van der Waals surface area contributed by atoms with E-state index in [0.717, 1.165) is 0 Å². The highest BCUT2D eigenvalue weighted by Gasteiger charge is 2.17. The molecule has 0 aliphatic heterocycles. The van der Waals surface area contributed by atoms with Crippen LogP contribution in [0.4, 0.5) is 0 Å². The van der Waals surface area contributed by atoms with Crippen molar-refractivity contribution in [1.82, 2.24) is 15.3 Å². The summed E-state index contributed by atoms with van der Waals surface area (Å²) in [5.41, 5.74) is 2.49. The maximum Gasteiger partial charge on any atom is 0.323 e. The van der Waals surface area contributed by atoms with Gasteiger partial charge in [-0.1, -0.05) is 6.07 Å². The first-order chi connectivity index (χ1) is 7.15.